The predicted molar refractivity (Wildman–Crippen MR) is 213 cm³/mol. The molecule has 1 aromatic heterocycles. The first-order valence-electron chi connectivity index (χ1n) is 16.9. The van der Waals surface area contributed by atoms with E-state index in [0.717, 1.165) is 17.1 Å². The Morgan fingerprint density at radius 3 is 1.90 bits per heavy atom. The van der Waals surface area contributed by atoms with Crippen molar-refractivity contribution in [3.05, 3.63) is 187 Å². The first-order chi connectivity index (χ1) is 24.1. The maximum Gasteiger partial charge on any atom is 0.0540 e. The molecule has 0 aliphatic carbocycles. The first-order valence-corrected chi connectivity index (χ1v) is 17.8. The average Bonchev–Trinajstić information content (AvgIpc) is 3.55. The number of hydrogen-bond donors (Lipinski definition) is 0. The van der Waals surface area contributed by atoms with Gasteiger partial charge in [-0.2, -0.15) is 0 Å². The Morgan fingerprint density at radius 2 is 1.08 bits per heavy atom. The second kappa shape index (κ2) is 11.8. The molecule has 1 nitrogen and oxygen atoms in total. The molecule has 8 aromatic carbocycles. The molecule has 1 heterocycles. The zero-order valence-electron chi connectivity index (χ0n) is 27.6. The molecule has 0 aliphatic heterocycles. The summed E-state index contributed by atoms with van der Waals surface area (Å²) in [4.78, 5) is 2.44. The van der Waals surface area contributed by atoms with Crippen molar-refractivity contribution < 1.29 is 0 Å². The van der Waals surface area contributed by atoms with Crippen LogP contribution in [0.25, 0.3) is 52.8 Å². The highest BCUT2D eigenvalue weighted by Crippen LogP contribution is 2.45. The van der Waals surface area contributed by atoms with Crippen LogP contribution in [0.1, 0.15) is 25.0 Å². The number of hydrogen-bond acceptors (Lipinski definition) is 2. The Morgan fingerprint density at radius 1 is 0.469 bits per heavy atom. The highest BCUT2D eigenvalue weighted by atomic mass is 32.1. The molecular formula is C47H35NS. The van der Waals surface area contributed by atoms with Gasteiger partial charge in [-0.1, -0.05) is 153 Å². The summed E-state index contributed by atoms with van der Waals surface area (Å²) in [7, 11) is 0. The summed E-state index contributed by atoms with van der Waals surface area (Å²) in [6.07, 6.45) is 0. The van der Waals surface area contributed by atoms with Crippen molar-refractivity contribution in [3.8, 4) is 11.1 Å². The van der Waals surface area contributed by atoms with E-state index in [4.69, 9.17) is 0 Å². The summed E-state index contributed by atoms with van der Waals surface area (Å²) in [5.41, 5.74) is 8.28. The Kier molecular flexibility index (Phi) is 7.07. The molecule has 0 unspecified atom stereocenters. The zero-order valence-corrected chi connectivity index (χ0v) is 28.4. The fourth-order valence-corrected chi connectivity index (χ4v) is 8.72. The standard InChI is InChI=1S/C47H35NS/c1-47(2,35-15-7-4-8-16-35)36-25-28-37(29-26-36)48(43-19-11-9-17-39(43)32-13-5-3-6-14-32)38-27-23-33-21-22-34-24-30-41-40-18-10-12-20-44(40)49-46(41)45(34)42(33)31-38/h3-31H,1-2H3. The van der Waals surface area contributed by atoms with E-state index in [1.54, 1.807) is 0 Å². The van der Waals surface area contributed by atoms with E-state index in [2.05, 4.69) is 195 Å². The molecule has 0 saturated heterocycles. The van der Waals surface area contributed by atoms with Gasteiger partial charge in [-0.15, -0.1) is 11.3 Å². The van der Waals surface area contributed by atoms with Crippen LogP contribution in [0.2, 0.25) is 0 Å². The molecule has 9 aromatic rings. The monoisotopic (exact) mass is 645 g/mol. The van der Waals surface area contributed by atoms with E-state index in [9.17, 15) is 0 Å². The highest BCUT2D eigenvalue weighted by molar-refractivity contribution is 7.26. The fourth-order valence-electron chi connectivity index (χ4n) is 7.45. The minimum absolute atomic E-state index is 0.121. The lowest BCUT2D eigenvalue weighted by molar-refractivity contribution is 0.641. The Hall–Kier alpha value is -5.70. The molecular weight excluding hydrogens is 611 g/mol. The van der Waals surface area contributed by atoms with E-state index in [1.807, 2.05) is 11.3 Å². The van der Waals surface area contributed by atoms with Gasteiger partial charge in [0.1, 0.15) is 0 Å². The Balaban J connectivity index is 1.27. The third kappa shape index (κ3) is 4.99. The number of para-hydroxylation sites is 1. The molecule has 0 fully saturated rings. The van der Waals surface area contributed by atoms with Crippen LogP contribution in [0.15, 0.2) is 176 Å². The Bertz CT molecular complexity index is 2620. The van der Waals surface area contributed by atoms with Crippen LogP contribution >= 0.6 is 11.3 Å². The molecule has 9 rings (SSSR count). The van der Waals surface area contributed by atoms with E-state index >= 15 is 0 Å². The van der Waals surface area contributed by atoms with E-state index in [0.29, 0.717) is 0 Å². The number of anilines is 3. The third-order valence-electron chi connectivity index (χ3n) is 10.2. The van der Waals surface area contributed by atoms with Crippen molar-refractivity contribution in [2.45, 2.75) is 19.3 Å². The normalized spacial score (nSPS) is 11.9. The number of fused-ring (bicyclic) bond motifs is 7. The minimum Gasteiger partial charge on any atom is -0.310 e. The van der Waals surface area contributed by atoms with Crippen LogP contribution in [0.3, 0.4) is 0 Å². The van der Waals surface area contributed by atoms with Crippen LogP contribution in [0.5, 0.6) is 0 Å². The number of thiophene rings is 1. The zero-order chi connectivity index (χ0) is 33.0. The number of benzene rings is 8. The molecule has 49 heavy (non-hydrogen) atoms. The van der Waals surface area contributed by atoms with Gasteiger partial charge in [0, 0.05) is 47.9 Å². The molecule has 2 heteroatoms. The lowest BCUT2D eigenvalue weighted by atomic mass is 9.78. The van der Waals surface area contributed by atoms with E-state index in [-0.39, 0.29) is 5.41 Å². The van der Waals surface area contributed by atoms with E-state index < -0.39 is 0 Å². The van der Waals surface area contributed by atoms with Gasteiger partial charge in [-0.05, 0) is 69.2 Å². The molecule has 0 aliphatic rings. The summed E-state index contributed by atoms with van der Waals surface area (Å²) in [6.45, 7) is 4.62. The lowest BCUT2D eigenvalue weighted by Crippen LogP contribution is -2.19. The van der Waals surface area contributed by atoms with Crippen LogP contribution in [0.4, 0.5) is 17.1 Å². The molecule has 0 radical (unpaired) electrons. The molecule has 234 valence electrons. The van der Waals surface area contributed by atoms with E-state index in [1.165, 1.54) is 64.0 Å². The van der Waals surface area contributed by atoms with Crippen molar-refractivity contribution in [2.75, 3.05) is 4.90 Å². The second-order valence-corrected chi connectivity index (χ2v) is 14.4. The van der Waals surface area contributed by atoms with Gasteiger partial charge >= 0.3 is 0 Å². The van der Waals surface area contributed by atoms with Crippen LogP contribution < -0.4 is 4.90 Å². The van der Waals surface area contributed by atoms with Gasteiger partial charge in [0.05, 0.1) is 5.69 Å². The van der Waals surface area contributed by atoms with Crippen molar-refractivity contribution in [1.29, 1.82) is 0 Å². The molecule has 0 saturated carbocycles. The van der Waals surface area contributed by atoms with Crippen molar-refractivity contribution >= 4 is 70.1 Å². The summed E-state index contributed by atoms with van der Waals surface area (Å²) in [5, 5.41) is 7.78. The van der Waals surface area contributed by atoms with Gasteiger partial charge in [-0.3, -0.25) is 0 Å². The van der Waals surface area contributed by atoms with Crippen molar-refractivity contribution in [3.63, 3.8) is 0 Å². The van der Waals surface area contributed by atoms with Gasteiger partial charge in [0.25, 0.3) is 0 Å². The second-order valence-electron chi connectivity index (χ2n) is 13.4. The molecule has 0 spiro atoms. The molecule has 0 N–H and O–H groups in total. The minimum atomic E-state index is -0.121. The summed E-state index contributed by atoms with van der Waals surface area (Å²) in [5.74, 6) is 0. The summed E-state index contributed by atoms with van der Waals surface area (Å²) >= 11 is 1.90. The van der Waals surface area contributed by atoms with Crippen molar-refractivity contribution in [2.24, 2.45) is 0 Å². The topological polar surface area (TPSA) is 3.24 Å². The van der Waals surface area contributed by atoms with Crippen LogP contribution in [-0.2, 0) is 5.41 Å². The lowest BCUT2D eigenvalue weighted by Gasteiger charge is -2.30. The van der Waals surface area contributed by atoms with Crippen LogP contribution in [-0.4, -0.2) is 0 Å². The maximum atomic E-state index is 2.44. The fraction of sp³-hybridized carbons (Fsp3) is 0.0638. The smallest absolute Gasteiger partial charge is 0.0540 e. The highest BCUT2D eigenvalue weighted by Gasteiger charge is 2.24. The number of nitrogens with zero attached hydrogens (tertiary/aromatic N) is 1. The predicted octanol–water partition coefficient (Wildman–Crippen LogP) is 13.8. The molecule has 0 bridgehead atoms. The summed E-state index contributed by atoms with van der Waals surface area (Å²) < 4.78 is 2.68. The Labute approximate surface area is 291 Å². The van der Waals surface area contributed by atoms with Gasteiger partial charge in [-0.25, -0.2) is 0 Å². The SMILES string of the molecule is CC(C)(c1ccccc1)c1ccc(N(c2ccc3ccc4ccc5c6ccccc6sc5c4c3c2)c2ccccc2-c2ccccc2)cc1. The first kappa shape index (κ1) is 29.4. The maximum absolute atomic E-state index is 2.44. The van der Waals surface area contributed by atoms with Crippen molar-refractivity contribution in [1.82, 2.24) is 0 Å². The van der Waals surface area contributed by atoms with Crippen LogP contribution in [0, 0.1) is 0 Å². The molecule has 0 atom stereocenters. The van der Waals surface area contributed by atoms with Gasteiger partial charge < -0.3 is 4.90 Å². The average molecular weight is 646 g/mol. The number of rotatable bonds is 6. The largest absolute Gasteiger partial charge is 0.310 e. The third-order valence-corrected chi connectivity index (χ3v) is 11.4. The van der Waals surface area contributed by atoms with Gasteiger partial charge in [0.2, 0.25) is 0 Å². The molecule has 0 amide bonds. The van der Waals surface area contributed by atoms with Gasteiger partial charge in [0.15, 0.2) is 0 Å². The summed E-state index contributed by atoms with van der Waals surface area (Å²) in [6, 6.07) is 64.4. The quantitative estimate of drug-likeness (QED) is 0.163.